The zero-order valence-corrected chi connectivity index (χ0v) is 17.9. The molecule has 0 amide bonds. The first-order chi connectivity index (χ1) is 14.0. The third-order valence-electron chi connectivity index (χ3n) is 5.23. The van der Waals surface area contributed by atoms with Crippen molar-refractivity contribution < 1.29 is 4.39 Å². The number of halogens is 1. The van der Waals surface area contributed by atoms with Gasteiger partial charge in [0.05, 0.1) is 18.3 Å². The maximum absolute atomic E-state index is 14.3. The Labute approximate surface area is 174 Å². The molecule has 0 aromatic carbocycles. The summed E-state index contributed by atoms with van der Waals surface area (Å²) in [6, 6.07) is 4.08. The van der Waals surface area contributed by atoms with Crippen molar-refractivity contribution in [1.82, 2.24) is 24.5 Å². The summed E-state index contributed by atoms with van der Waals surface area (Å²) in [5.74, 6) is 2.83. The average molecular weight is 416 g/mol. The van der Waals surface area contributed by atoms with Crippen molar-refractivity contribution in [2.75, 3.05) is 29.6 Å². The molecule has 4 rings (SSSR count). The lowest BCUT2D eigenvalue weighted by Crippen LogP contribution is -2.44. The van der Waals surface area contributed by atoms with Crippen LogP contribution in [0.3, 0.4) is 0 Å². The molecular formula is C20H26FN7S. The molecule has 154 valence electrons. The highest BCUT2D eigenvalue weighted by Gasteiger charge is 2.29. The van der Waals surface area contributed by atoms with E-state index in [9.17, 15) is 4.39 Å². The van der Waals surface area contributed by atoms with E-state index in [0.717, 1.165) is 29.8 Å². The Bertz CT molecular complexity index is 1010. The Morgan fingerprint density at radius 1 is 1.24 bits per heavy atom. The van der Waals surface area contributed by atoms with E-state index in [1.165, 1.54) is 0 Å². The minimum Gasteiger partial charge on any atom is -0.338 e. The number of imidazole rings is 1. The predicted octanol–water partition coefficient (Wildman–Crippen LogP) is 4.13. The molecule has 2 unspecified atom stereocenters. The Morgan fingerprint density at radius 2 is 2.07 bits per heavy atom. The van der Waals surface area contributed by atoms with E-state index in [2.05, 4.69) is 43.7 Å². The third kappa shape index (κ3) is 4.01. The molecule has 3 aromatic rings. The van der Waals surface area contributed by atoms with Crippen molar-refractivity contribution in [2.45, 2.75) is 44.7 Å². The number of anilines is 3. The monoisotopic (exact) mass is 415 g/mol. The molecule has 29 heavy (non-hydrogen) atoms. The third-order valence-corrected chi connectivity index (χ3v) is 6.37. The van der Waals surface area contributed by atoms with Crippen molar-refractivity contribution in [1.29, 1.82) is 0 Å². The van der Waals surface area contributed by atoms with E-state index in [4.69, 9.17) is 0 Å². The first kappa shape index (κ1) is 19.9. The number of hydrogen-bond donors (Lipinski definition) is 1. The van der Waals surface area contributed by atoms with Gasteiger partial charge in [-0.15, -0.1) is 0 Å². The van der Waals surface area contributed by atoms with E-state index >= 15 is 0 Å². The number of nitrogens with one attached hydrogen (secondary N) is 1. The van der Waals surface area contributed by atoms with Gasteiger partial charge >= 0.3 is 0 Å². The van der Waals surface area contributed by atoms with E-state index in [1.54, 1.807) is 30.2 Å². The summed E-state index contributed by atoms with van der Waals surface area (Å²) in [5, 5.41) is 3.31. The Balaban J connectivity index is 1.56. The van der Waals surface area contributed by atoms with Gasteiger partial charge in [0.15, 0.2) is 0 Å². The van der Waals surface area contributed by atoms with Gasteiger partial charge in [-0.2, -0.15) is 16.7 Å². The van der Waals surface area contributed by atoms with Gasteiger partial charge in [0.2, 0.25) is 5.95 Å². The van der Waals surface area contributed by atoms with Gasteiger partial charge < -0.3 is 14.8 Å². The number of thioether (sulfide) groups is 1. The van der Waals surface area contributed by atoms with Crippen LogP contribution in [0, 0.1) is 6.92 Å². The molecule has 0 spiro atoms. The molecule has 0 saturated carbocycles. The normalized spacial score (nSPS) is 19.9. The zero-order chi connectivity index (χ0) is 20.5. The molecule has 1 aliphatic rings. The van der Waals surface area contributed by atoms with Crippen LogP contribution in [0.4, 0.5) is 22.0 Å². The van der Waals surface area contributed by atoms with Crippen LogP contribution in [-0.4, -0.2) is 55.3 Å². The fourth-order valence-corrected chi connectivity index (χ4v) is 4.59. The van der Waals surface area contributed by atoms with Gasteiger partial charge in [0.1, 0.15) is 29.1 Å². The number of fused-ring (bicyclic) bond motifs is 1. The largest absolute Gasteiger partial charge is 0.338 e. The lowest BCUT2D eigenvalue weighted by atomic mass is 10.1. The number of aromatic nitrogens is 5. The van der Waals surface area contributed by atoms with Crippen molar-refractivity contribution >= 4 is 40.4 Å². The quantitative estimate of drug-likeness (QED) is 0.672. The summed E-state index contributed by atoms with van der Waals surface area (Å²) < 4.78 is 16.5. The second-order valence-electron chi connectivity index (χ2n) is 7.57. The SMILES string of the molecule is CSC1CCN(c2nccc(Nc3cc4c(cn3)nc(C)n4C(C)C)n2)CC1F. The number of hydrogen-bond acceptors (Lipinski definition) is 7. The first-order valence-corrected chi connectivity index (χ1v) is 11.1. The number of pyridine rings is 1. The summed E-state index contributed by atoms with van der Waals surface area (Å²) in [6.45, 7) is 7.36. The fourth-order valence-electron chi connectivity index (χ4n) is 3.87. The number of nitrogens with zero attached hydrogens (tertiary/aromatic N) is 6. The molecular weight excluding hydrogens is 389 g/mol. The predicted molar refractivity (Wildman–Crippen MR) is 117 cm³/mol. The summed E-state index contributed by atoms with van der Waals surface area (Å²) in [4.78, 5) is 19.9. The van der Waals surface area contributed by atoms with Crippen molar-refractivity contribution in [3.05, 3.63) is 30.4 Å². The fraction of sp³-hybridized carbons (Fsp3) is 0.500. The van der Waals surface area contributed by atoms with E-state index in [0.29, 0.717) is 30.2 Å². The number of piperidine rings is 1. The molecule has 0 aliphatic carbocycles. The molecule has 0 radical (unpaired) electrons. The molecule has 7 nitrogen and oxygen atoms in total. The van der Waals surface area contributed by atoms with Gasteiger partial charge in [0, 0.05) is 30.1 Å². The Hall–Kier alpha value is -2.42. The molecule has 0 bridgehead atoms. The molecule has 2 atom stereocenters. The van der Waals surface area contributed by atoms with E-state index in [-0.39, 0.29) is 5.25 Å². The van der Waals surface area contributed by atoms with Crippen LogP contribution in [0.2, 0.25) is 0 Å². The van der Waals surface area contributed by atoms with Crippen LogP contribution in [0.25, 0.3) is 11.0 Å². The van der Waals surface area contributed by atoms with Crippen LogP contribution >= 0.6 is 11.8 Å². The van der Waals surface area contributed by atoms with Crippen LogP contribution in [0.1, 0.15) is 32.1 Å². The summed E-state index contributed by atoms with van der Waals surface area (Å²) in [6.07, 6.45) is 5.35. The average Bonchev–Trinajstić information content (AvgIpc) is 3.03. The second kappa shape index (κ2) is 8.14. The molecule has 1 N–H and O–H groups in total. The second-order valence-corrected chi connectivity index (χ2v) is 8.65. The van der Waals surface area contributed by atoms with Gasteiger partial charge in [-0.25, -0.2) is 19.3 Å². The Morgan fingerprint density at radius 3 is 2.79 bits per heavy atom. The number of rotatable bonds is 5. The van der Waals surface area contributed by atoms with Gasteiger partial charge in [-0.1, -0.05) is 0 Å². The lowest BCUT2D eigenvalue weighted by Gasteiger charge is -2.33. The standard InChI is InChI=1S/C20H26FN7S/c1-12(2)28-13(3)24-15-10-23-19(9-16(15)28)25-18-5-7-22-20(26-18)27-8-6-17(29-4)14(21)11-27/h5,7,9-10,12,14,17H,6,8,11H2,1-4H3,(H,22,23,25,26). The van der Waals surface area contributed by atoms with Gasteiger partial charge in [0.25, 0.3) is 0 Å². The highest BCUT2D eigenvalue weighted by atomic mass is 32.2. The summed E-state index contributed by atoms with van der Waals surface area (Å²) in [7, 11) is 0. The molecule has 1 aliphatic heterocycles. The number of aryl methyl sites for hydroxylation is 1. The molecule has 1 fully saturated rings. The maximum atomic E-state index is 14.3. The van der Waals surface area contributed by atoms with Gasteiger partial charge in [-0.3, -0.25) is 0 Å². The van der Waals surface area contributed by atoms with Gasteiger partial charge in [-0.05, 0) is 39.5 Å². The van der Waals surface area contributed by atoms with Crippen LogP contribution in [-0.2, 0) is 0 Å². The molecule has 1 saturated heterocycles. The summed E-state index contributed by atoms with van der Waals surface area (Å²) in [5.41, 5.74) is 1.90. The van der Waals surface area contributed by atoms with Crippen molar-refractivity contribution in [3.8, 4) is 0 Å². The molecule has 9 heteroatoms. The van der Waals surface area contributed by atoms with E-state index in [1.807, 2.05) is 24.1 Å². The smallest absolute Gasteiger partial charge is 0.227 e. The first-order valence-electron chi connectivity index (χ1n) is 9.82. The minimum atomic E-state index is -0.873. The highest BCUT2D eigenvalue weighted by molar-refractivity contribution is 7.99. The maximum Gasteiger partial charge on any atom is 0.227 e. The van der Waals surface area contributed by atoms with E-state index < -0.39 is 6.17 Å². The summed E-state index contributed by atoms with van der Waals surface area (Å²) >= 11 is 1.59. The van der Waals surface area contributed by atoms with Crippen LogP contribution in [0.5, 0.6) is 0 Å². The molecule has 3 aromatic heterocycles. The highest BCUT2D eigenvalue weighted by Crippen LogP contribution is 2.27. The van der Waals surface area contributed by atoms with Crippen LogP contribution in [0.15, 0.2) is 24.5 Å². The van der Waals surface area contributed by atoms with Crippen molar-refractivity contribution in [2.24, 2.45) is 0 Å². The lowest BCUT2D eigenvalue weighted by molar-refractivity contribution is 0.294. The molecule has 4 heterocycles. The number of alkyl halides is 1. The Kier molecular flexibility index (Phi) is 5.58. The zero-order valence-electron chi connectivity index (χ0n) is 17.1. The van der Waals surface area contributed by atoms with Crippen molar-refractivity contribution in [3.63, 3.8) is 0 Å². The van der Waals surface area contributed by atoms with Crippen LogP contribution < -0.4 is 10.2 Å². The minimum absolute atomic E-state index is 0.0535. The topological polar surface area (TPSA) is 71.8 Å².